The maximum absolute atomic E-state index is 10.7. The molecule has 0 bridgehead atoms. The van der Waals surface area contributed by atoms with Crippen LogP contribution in [-0.4, -0.2) is 26.2 Å². The second-order valence-corrected chi connectivity index (χ2v) is 6.35. The molecule has 6 nitrogen and oxygen atoms in total. The number of benzene rings is 2. The molecule has 0 amide bonds. The Kier molecular flexibility index (Phi) is 4.38. The molecule has 2 heterocycles. The number of aldehydes is 1. The second kappa shape index (κ2) is 6.99. The minimum Gasteiger partial charge on any atom is -0.332 e. The summed E-state index contributed by atoms with van der Waals surface area (Å²) in [6.07, 6.45) is 1.29. The number of aryl methyl sites for hydroxylation is 2. The van der Waals surface area contributed by atoms with Crippen LogP contribution >= 0.6 is 0 Å². The van der Waals surface area contributed by atoms with E-state index in [2.05, 4.69) is 15.2 Å². The van der Waals surface area contributed by atoms with Crippen LogP contribution in [0, 0.1) is 6.92 Å². The number of carbonyl (C=O) groups excluding carboxylic acids is 1. The summed E-state index contributed by atoms with van der Waals surface area (Å²) in [5, 5.41) is 8.61. The molecule has 2 aromatic heterocycles. The lowest BCUT2D eigenvalue weighted by molar-refractivity contribution is -0.107. The van der Waals surface area contributed by atoms with E-state index in [1.165, 1.54) is 0 Å². The molecule has 0 atom stereocenters. The van der Waals surface area contributed by atoms with Gasteiger partial charge in [0.2, 0.25) is 5.82 Å². The molecule has 134 valence electrons. The van der Waals surface area contributed by atoms with Gasteiger partial charge in [-0.15, -0.1) is 0 Å². The first-order valence-corrected chi connectivity index (χ1v) is 8.63. The van der Waals surface area contributed by atoms with Crippen LogP contribution in [0.1, 0.15) is 11.1 Å². The summed E-state index contributed by atoms with van der Waals surface area (Å²) in [6, 6.07) is 17.7. The van der Waals surface area contributed by atoms with Crippen molar-refractivity contribution < 1.29 is 9.32 Å². The average molecular weight is 358 g/mol. The van der Waals surface area contributed by atoms with Crippen molar-refractivity contribution in [1.82, 2.24) is 19.9 Å². The van der Waals surface area contributed by atoms with Gasteiger partial charge in [-0.25, -0.2) is 0 Å². The molecule has 4 rings (SSSR count). The molecule has 4 aromatic rings. The fourth-order valence-electron chi connectivity index (χ4n) is 3.09. The summed E-state index contributed by atoms with van der Waals surface area (Å²) >= 11 is 0. The van der Waals surface area contributed by atoms with Gasteiger partial charge in [-0.3, -0.25) is 4.68 Å². The first-order valence-electron chi connectivity index (χ1n) is 8.63. The highest BCUT2D eigenvalue weighted by atomic mass is 16.5. The molecule has 0 spiro atoms. The van der Waals surface area contributed by atoms with E-state index < -0.39 is 0 Å². The van der Waals surface area contributed by atoms with Crippen LogP contribution in [0.5, 0.6) is 0 Å². The number of aromatic nitrogens is 4. The van der Waals surface area contributed by atoms with Crippen LogP contribution < -0.4 is 0 Å². The van der Waals surface area contributed by atoms with Crippen molar-refractivity contribution in [2.24, 2.45) is 7.05 Å². The third kappa shape index (κ3) is 3.29. The number of carbonyl (C=O) groups is 1. The number of hydrogen-bond acceptors (Lipinski definition) is 5. The molecule has 0 aliphatic carbocycles. The van der Waals surface area contributed by atoms with Crippen molar-refractivity contribution in [2.75, 3.05) is 0 Å². The molecule has 6 heteroatoms. The zero-order valence-corrected chi connectivity index (χ0v) is 15.1. The Morgan fingerprint density at radius 2 is 1.93 bits per heavy atom. The van der Waals surface area contributed by atoms with Gasteiger partial charge in [-0.05, 0) is 29.7 Å². The number of nitrogens with zero attached hydrogens (tertiary/aromatic N) is 4. The maximum atomic E-state index is 10.7. The van der Waals surface area contributed by atoms with E-state index >= 15 is 0 Å². The van der Waals surface area contributed by atoms with Crippen molar-refractivity contribution in [3.8, 4) is 34.2 Å². The van der Waals surface area contributed by atoms with Gasteiger partial charge in [0.1, 0.15) is 6.29 Å². The molecular formula is C21H18N4O2. The van der Waals surface area contributed by atoms with Crippen LogP contribution in [0.15, 0.2) is 59.1 Å². The fraction of sp³-hybridized carbons (Fsp3) is 0.143. The Morgan fingerprint density at radius 1 is 1.11 bits per heavy atom. The van der Waals surface area contributed by atoms with Crippen molar-refractivity contribution in [2.45, 2.75) is 13.3 Å². The first-order chi connectivity index (χ1) is 13.2. The Labute approximate surface area is 156 Å². The monoisotopic (exact) mass is 358 g/mol. The third-order valence-corrected chi connectivity index (χ3v) is 4.45. The van der Waals surface area contributed by atoms with Gasteiger partial charge in [-0.1, -0.05) is 53.7 Å². The normalized spacial score (nSPS) is 10.9. The lowest BCUT2D eigenvalue weighted by atomic mass is 10.0. The van der Waals surface area contributed by atoms with Gasteiger partial charge >= 0.3 is 0 Å². The van der Waals surface area contributed by atoms with E-state index in [4.69, 9.17) is 4.52 Å². The van der Waals surface area contributed by atoms with Crippen molar-refractivity contribution >= 4 is 6.29 Å². The Hall–Kier alpha value is -3.54. The summed E-state index contributed by atoms with van der Waals surface area (Å²) in [5.41, 5.74) is 5.50. The number of rotatable bonds is 5. The lowest BCUT2D eigenvalue weighted by Crippen LogP contribution is -1.93. The van der Waals surface area contributed by atoms with E-state index in [0.29, 0.717) is 23.8 Å². The highest BCUT2D eigenvalue weighted by Crippen LogP contribution is 2.27. The average Bonchev–Trinajstić information content (AvgIpc) is 3.30. The molecule has 0 radical (unpaired) electrons. The summed E-state index contributed by atoms with van der Waals surface area (Å²) in [4.78, 5) is 15.2. The van der Waals surface area contributed by atoms with E-state index in [9.17, 15) is 4.79 Å². The Bertz CT molecular complexity index is 1100. The predicted molar refractivity (Wildman–Crippen MR) is 102 cm³/mol. The van der Waals surface area contributed by atoms with Gasteiger partial charge in [0.15, 0.2) is 5.69 Å². The maximum Gasteiger partial charge on any atom is 0.278 e. The lowest BCUT2D eigenvalue weighted by Gasteiger charge is -2.02. The van der Waals surface area contributed by atoms with Crippen molar-refractivity contribution in [3.05, 3.63) is 65.7 Å². The summed E-state index contributed by atoms with van der Waals surface area (Å²) in [6.45, 7) is 1.97. The standard InChI is InChI=1S/C21H18N4O2/c1-14-12-15(10-11-26)8-9-17(14)20-22-21(27-24-20)18-13-19(25(2)23-18)16-6-4-3-5-7-16/h3-9,11-13H,10H2,1-2H3. The first kappa shape index (κ1) is 16.9. The van der Waals surface area contributed by atoms with Gasteiger partial charge in [-0.2, -0.15) is 10.1 Å². The number of hydrogen-bond donors (Lipinski definition) is 0. The van der Waals surface area contributed by atoms with E-state index in [1.807, 2.05) is 68.6 Å². The summed E-state index contributed by atoms with van der Waals surface area (Å²) < 4.78 is 7.25. The van der Waals surface area contributed by atoms with Crippen LogP contribution in [0.3, 0.4) is 0 Å². The van der Waals surface area contributed by atoms with Gasteiger partial charge in [0, 0.05) is 19.0 Å². The minimum absolute atomic E-state index is 0.374. The van der Waals surface area contributed by atoms with Gasteiger partial charge < -0.3 is 9.32 Å². The molecule has 0 N–H and O–H groups in total. The molecule has 0 aliphatic heterocycles. The van der Waals surface area contributed by atoms with Crippen LogP contribution in [-0.2, 0) is 18.3 Å². The molecule has 0 aliphatic rings. The van der Waals surface area contributed by atoms with Crippen molar-refractivity contribution in [1.29, 1.82) is 0 Å². The molecule has 0 saturated carbocycles. The van der Waals surface area contributed by atoms with Gasteiger partial charge in [0.05, 0.1) is 5.69 Å². The van der Waals surface area contributed by atoms with Crippen LogP contribution in [0.4, 0.5) is 0 Å². The zero-order valence-electron chi connectivity index (χ0n) is 15.1. The smallest absolute Gasteiger partial charge is 0.278 e. The van der Waals surface area contributed by atoms with E-state index in [1.54, 1.807) is 4.68 Å². The predicted octanol–water partition coefficient (Wildman–Crippen LogP) is 3.85. The SMILES string of the molecule is Cc1cc(CC=O)ccc1-c1noc(-c2cc(-c3ccccc3)n(C)n2)n1. The molecule has 0 unspecified atom stereocenters. The van der Waals surface area contributed by atoms with E-state index in [-0.39, 0.29) is 0 Å². The Morgan fingerprint density at radius 3 is 2.67 bits per heavy atom. The quantitative estimate of drug-likeness (QED) is 0.507. The van der Waals surface area contributed by atoms with Crippen LogP contribution in [0.2, 0.25) is 0 Å². The third-order valence-electron chi connectivity index (χ3n) is 4.45. The van der Waals surface area contributed by atoms with Crippen LogP contribution in [0.25, 0.3) is 34.2 Å². The highest BCUT2D eigenvalue weighted by molar-refractivity contribution is 5.67. The highest BCUT2D eigenvalue weighted by Gasteiger charge is 2.17. The molecule has 0 saturated heterocycles. The van der Waals surface area contributed by atoms with Gasteiger partial charge in [0.25, 0.3) is 5.89 Å². The zero-order chi connectivity index (χ0) is 18.8. The largest absolute Gasteiger partial charge is 0.332 e. The Balaban J connectivity index is 1.67. The molecule has 0 fully saturated rings. The topological polar surface area (TPSA) is 73.8 Å². The molecular weight excluding hydrogens is 340 g/mol. The van der Waals surface area contributed by atoms with E-state index in [0.717, 1.165) is 34.2 Å². The summed E-state index contributed by atoms with van der Waals surface area (Å²) in [5.74, 6) is 0.881. The summed E-state index contributed by atoms with van der Waals surface area (Å²) in [7, 11) is 1.89. The minimum atomic E-state index is 0.374. The molecule has 27 heavy (non-hydrogen) atoms. The fourth-order valence-corrected chi connectivity index (χ4v) is 3.09. The molecule has 2 aromatic carbocycles. The van der Waals surface area contributed by atoms with Crippen molar-refractivity contribution in [3.63, 3.8) is 0 Å². The second-order valence-electron chi connectivity index (χ2n) is 6.35.